The van der Waals surface area contributed by atoms with E-state index in [-0.39, 0.29) is 24.0 Å². The van der Waals surface area contributed by atoms with E-state index in [9.17, 15) is 0 Å². The second-order valence-electron chi connectivity index (χ2n) is 6.76. The smallest absolute Gasteiger partial charge is 0.191 e. The highest BCUT2D eigenvalue weighted by atomic mass is 127. The minimum Gasteiger partial charge on any atom is -0.491 e. The van der Waals surface area contributed by atoms with Gasteiger partial charge in [0.25, 0.3) is 0 Å². The van der Waals surface area contributed by atoms with Crippen LogP contribution in [0.3, 0.4) is 0 Å². The van der Waals surface area contributed by atoms with Gasteiger partial charge in [-0.25, -0.2) is 4.99 Å². The molecule has 7 nitrogen and oxygen atoms in total. The van der Waals surface area contributed by atoms with E-state index in [4.69, 9.17) is 23.6 Å². The molecule has 2 N–H and O–H groups in total. The zero-order valence-electron chi connectivity index (χ0n) is 18.8. The molecule has 0 spiro atoms. The maximum atomic E-state index is 5.91. The highest BCUT2D eigenvalue weighted by Gasteiger charge is 2.05. The predicted molar refractivity (Wildman–Crippen MR) is 134 cm³/mol. The average Bonchev–Trinajstić information content (AvgIpc) is 3.26. The number of halogens is 1. The number of rotatable bonds is 14. The maximum absolute atomic E-state index is 5.91. The monoisotopic (exact) mass is 545 g/mol. The van der Waals surface area contributed by atoms with Gasteiger partial charge in [-0.05, 0) is 51.0 Å². The van der Waals surface area contributed by atoms with Crippen molar-refractivity contribution >= 4 is 29.9 Å². The third kappa shape index (κ3) is 11.4. The number of aryl methyl sites for hydroxylation is 1. The topological polar surface area (TPSA) is 77.3 Å². The van der Waals surface area contributed by atoms with Crippen LogP contribution in [0.15, 0.2) is 46.0 Å². The van der Waals surface area contributed by atoms with E-state index in [1.54, 1.807) is 6.26 Å². The van der Waals surface area contributed by atoms with Crippen LogP contribution in [0, 0.1) is 6.92 Å². The lowest BCUT2D eigenvalue weighted by Gasteiger charge is -2.14. The van der Waals surface area contributed by atoms with Crippen molar-refractivity contribution in [1.82, 2.24) is 10.6 Å². The Morgan fingerprint density at radius 1 is 1.06 bits per heavy atom. The SMILES string of the molecule is CCNC(=NCc1ccc(C)cc1OCCOCC)NCCCOCc1ccco1.I. The van der Waals surface area contributed by atoms with Crippen molar-refractivity contribution in [2.75, 3.05) is 39.5 Å². The third-order valence-corrected chi connectivity index (χ3v) is 4.25. The first-order valence-corrected chi connectivity index (χ1v) is 10.6. The molecule has 0 amide bonds. The Morgan fingerprint density at radius 3 is 2.68 bits per heavy atom. The van der Waals surface area contributed by atoms with E-state index in [1.165, 1.54) is 0 Å². The fourth-order valence-electron chi connectivity index (χ4n) is 2.74. The first-order chi connectivity index (χ1) is 14.7. The Balaban J connectivity index is 0.00000480. The van der Waals surface area contributed by atoms with Gasteiger partial charge in [-0.3, -0.25) is 0 Å². The minimum atomic E-state index is 0. The number of ether oxygens (including phenoxy) is 3. The van der Waals surface area contributed by atoms with E-state index in [0.717, 1.165) is 48.1 Å². The highest BCUT2D eigenvalue weighted by molar-refractivity contribution is 14.0. The third-order valence-electron chi connectivity index (χ3n) is 4.25. The molecular formula is C23H36IN3O4. The molecule has 1 aromatic carbocycles. The summed E-state index contributed by atoms with van der Waals surface area (Å²) in [6, 6.07) is 9.97. The van der Waals surface area contributed by atoms with Crippen LogP contribution in [0.4, 0.5) is 0 Å². The van der Waals surface area contributed by atoms with Gasteiger partial charge in [-0.2, -0.15) is 0 Å². The zero-order valence-corrected chi connectivity index (χ0v) is 21.1. The van der Waals surface area contributed by atoms with E-state index < -0.39 is 0 Å². The molecule has 0 aliphatic rings. The number of benzene rings is 1. The highest BCUT2D eigenvalue weighted by Crippen LogP contribution is 2.21. The molecular weight excluding hydrogens is 509 g/mol. The van der Waals surface area contributed by atoms with Gasteiger partial charge in [0.2, 0.25) is 0 Å². The van der Waals surface area contributed by atoms with Crippen LogP contribution in [-0.4, -0.2) is 45.5 Å². The molecule has 2 aromatic rings. The fourth-order valence-corrected chi connectivity index (χ4v) is 2.74. The van der Waals surface area contributed by atoms with Crippen molar-refractivity contribution in [3.05, 3.63) is 53.5 Å². The number of nitrogens with one attached hydrogen (secondary N) is 2. The summed E-state index contributed by atoms with van der Waals surface area (Å²) in [5.41, 5.74) is 2.21. The van der Waals surface area contributed by atoms with Crippen molar-refractivity contribution in [2.45, 2.75) is 40.3 Å². The summed E-state index contributed by atoms with van der Waals surface area (Å²) in [7, 11) is 0. The molecule has 31 heavy (non-hydrogen) atoms. The minimum absolute atomic E-state index is 0. The Kier molecular flexibility index (Phi) is 14.8. The maximum Gasteiger partial charge on any atom is 0.191 e. The standard InChI is InChI=1S/C23H35N3O4.HI/c1-4-24-23(25-11-7-12-28-18-21-8-6-13-29-21)26-17-20-10-9-19(3)16-22(20)30-15-14-27-5-2;/h6,8-10,13,16H,4-5,7,11-12,14-15,17-18H2,1-3H3,(H2,24,25,26);1H. The average molecular weight is 545 g/mol. The van der Waals surface area contributed by atoms with E-state index in [0.29, 0.717) is 39.6 Å². The van der Waals surface area contributed by atoms with Gasteiger partial charge in [-0.1, -0.05) is 12.1 Å². The number of furan rings is 1. The van der Waals surface area contributed by atoms with Gasteiger partial charge >= 0.3 is 0 Å². The normalized spacial score (nSPS) is 11.1. The second kappa shape index (κ2) is 16.9. The molecule has 0 aliphatic heterocycles. The van der Waals surface area contributed by atoms with E-state index in [1.807, 2.05) is 25.1 Å². The number of nitrogens with zero attached hydrogens (tertiary/aromatic N) is 1. The lowest BCUT2D eigenvalue weighted by Crippen LogP contribution is -2.38. The summed E-state index contributed by atoms with van der Waals surface area (Å²) in [6.07, 6.45) is 2.53. The van der Waals surface area contributed by atoms with E-state index in [2.05, 4.69) is 36.6 Å². The van der Waals surface area contributed by atoms with Gasteiger partial charge < -0.3 is 29.3 Å². The lowest BCUT2D eigenvalue weighted by molar-refractivity contribution is 0.105. The molecule has 1 aromatic heterocycles. The molecule has 2 rings (SSSR count). The zero-order chi connectivity index (χ0) is 21.4. The molecule has 0 unspecified atom stereocenters. The van der Waals surface area contributed by atoms with Gasteiger partial charge in [0.15, 0.2) is 5.96 Å². The predicted octanol–water partition coefficient (Wildman–Crippen LogP) is 4.28. The van der Waals surface area contributed by atoms with Crippen molar-refractivity contribution in [3.8, 4) is 5.75 Å². The second-order valence-corrected chi connectivity index (χ2v) is 6.76. The van der Waals surface area contributed by atoms with Crippen LogP contribution >= 0.6 is 24.0 Å². The molecule has 0 saturated heterocycles. The lowest BCUT2D eigenvalue weighted by atomic mass is 10.1. The Bertz CT molecular complexity index is 738. The first kappa shape index (κ1) is 27.3. The molecule has 0 atom stereocenters. The largest absolute Gasteiger partial charge is 0.491 e. The molecule has 0 radical (unpaired) electrons. The first-order valence-electron chi connectivity index (χ1n) is 10.6. The quantitative estimate of drug-likeness (QED) is 0.160. The van der Waals surface area contributed by atoms with Crippen LogP contribution in [0.25, 0.3) is 0 Å². The summed E-state index contributed by atoms with van der Waals surface area (Å²) in [5.74, 6) is 2.49. The number of hydrogen-bond donors (Lipinski definition) is 2. The summed E-state index contributed by atoms with van der Waals surface area (Å²) >= 11 is 0. The van der Waals surface area contributed by atoms with E-state index >= 15 is 0 Å². The van der Waals surface area contributed by atoms with Crippen LogP contribution in [0.1, 0.15) is 37.2 Å². The number of guanidine groups is 1. The van der Waals surface area contributed by atoms with Crippen LogP contribution in [-0.2, 0) is 22.6 Å². The molecule has 0 bridgehead atoms. The summed E-state index contributed by atoms with van der Waals surface area (Å²) in [5, 5.41) is 6.63. The fraction of sp³-hybridized carbons (Fsp3) is 0.522. The Labute approximate surface area is 203 Å². The molecule has 0 fully saturated rings. The van der Waals surface area contributed by atoms with Gasteiger partial charge in [0.05, 0.1) is 19.4 Å². The van der Waals surface area contributed by atoms with Crippen LogP contribution < -0.4 is 15.4 Å². The van der Waals surface area contributed by atoms with Gasteiger partial charge in [-0.15, -0.1) is 24.0 Å². The summed E-state index contributed by atoms with van der Waals surface area (Å²) in [6.45, 7) is 11.2. The Morgan fingerprint density at radius 2 is 1.94 bits per heavy atom. The molecule has 174 valence electrons. The summed E-state index contributed by atoms with van der Waals surface area (Å²) in [4.78, 5) is 4.70. The summed E-state index contributed by atoms with van der Waals surface area (Å²) < 4.78 is 22.1. The van der Waals surface area contributed by atoms with Crippen LogP contribution in [0.2, 0.25) is 0 Å². The van der Waals surface area contributed by atoms with Crippen molar-refractivity contribution in [2.24, 2.45) is 4.99 Å². The van der Waals surface area contributed by atoms with Crippen molar-refractivity contribution in [3.63, 3.8) is 0 Å². The number of hydrogen-bond acceptors (Lipinski definition) is 5. The Hall–Kier alpha value is -1.78. The molecule has 8 heteroatoms. The molecule has 1 heterocycles. The van der Waals surface area contributed by atoms with Crippen LogP contribution in [0.5, 0.6) is 5.75 Å². The van der Waals surface area contributed by atoms with Gasteiger partial charge in [0, 0.05) is 31.9 Å². The van der Waals surface area contributed by atoms with Crippen molar-refractivity contribution < 1.29 is 18.6 Å². The number of aliphatic imine (C=N–C) groups is 1. The molecule has 0 aliphatic carbocycles. The van der Waals surface area contributed by atoms with Gasteiger partial charge in [0.1, 0.15) is 24.7 Å². The van der Waals surface area contributed by atoms with Crippen molar-refractivity contribution in [1.29, 1.82) is 0 Å². The molecule has 0 saturated carbocycles.